The van der Waals surface area contributed by atoms with Gasteiger partial charge in [-0.15, -0.1) is 10.2 Å². The van der Waals surface area contributed by atoms with Crippen molar-refractivity contribution >= 4 is 5.96 Å². The first-order valence-electron chi connectivity index (χ1n) is 10.5. The first-order chi connectivity index (χ1) is 14.3. The number of hydrogen-bond acceptors (Lipinski definition) is 5. The quantitative estimate of drug-likeness (QED) is 0.547. The Morgan fingerprint density at radius 1 is 1.10 bits per heavy atom. The van der Waals surface area contributed by atoms with Crippen molar-refractivity contribution in [2.24, 2.45) is 4.99 Å². The van der Waals surface area contributed by atoms with Gasteiger partial charge >= 0.3 is 0 Å². The van der Waals surface area contributed by atoms with Gasteiger partial charge in [0.2, 0.25) is 0 Å². The Morgan fingerprint density at radius 3 is 2.62 bits per heavy atom. The number of nitrogens with one attached hydrogen (secondary N) is 2. The van der Waals surface area contributed by atoms with E-state index in [1.807, 2.05) is 19.2 Å². The molecular weight excluding hydrogens is 366 g/mol. The van der Waals surface area contributed by atoms with Crippen molar-refractivity contribution in [2.75, 3.05) is 33.8 Å². The third-order valence-corrected chi connectivity index (χ3v) is 5.87. The highest BCUT2D eigenvalue weighted by atomic mass is 16.5. The Balaban J connectivity index is 1.38. The van der Waals surface area contributed by atoms with E-state index in [4.69, 9.17) is 4.74 Å². The van der Waals surface area contributed by atoms with Gasteiger partial charge in [0.25, 0.3) is 0 Å². The van der Waals surface area contributed by atoms with Crippen LogP contribution in [0.15, 0.2) is 29.3 Å². The summed E-state index contributed by atoms with van der Waals surface area (Å²) in [5.74, 6) is 3.75. The topological polar surface area (TPSA) is 79.6 Å². The smallest absolute Gasteiger partial charge is 0.191 e. The van der Waals surface area contributed by atoms with Crippen LogP contribution in [-0.2, 0) is 19.5 Å². The van der Waals surface area contributed by atoms with Gasteiger partial charge in [-0.2, -0.15) is 0 Å². The summed E-state index contributed by atoms with van der Waals surface area (Å²) in [6.07, 6.45) is 4.71. The molecule has 2 aliphatic rings. The molecule has 2 aromatic rings. The molecule has 1 unspecified atom stereocenters. The van der Waals surface area contributed by atoms with Crippen LogP contribution in [-0.4, -0.2) is 59.4 Å². The third-order valence-electron chi connectivity index (χ3n) is 5.87. The predicted octanol–water partition coefficient (Wildman–Crippen LogP) is 1.73. The second-order valence-electron chi connectivity index (χ2n) is 7.63. The Bertz CT molecular complexity index is 824. The number of ether oxygens (including phenoxy) is 1. The molecule has 0 radical (unpaired) electrons. The molecule has 1 fully saturated rings. The fourth-order valence-corrected chi connectivity index (χ4v) is 4.26. The van der Waals surface area contributed by atoms with Crippen molar-refractivity contribution in [2.45, 2.75) is 44.8 Å². The van der Waals surface area contributed by atoms with Gasteiger partial charge in [-0.25, -0.2) is 0 Å². The summed E-state index contributed by atoms with van der Waals surface area (Å²) in [6.45, 7) is 4.71. The van der Waals surface area contributed by atoms with Crippen LogP contribution in [0.5, 0.6) is 5.75 Å². The summed E-state index contributed by atoms with van der Waals surface area (Å²) in [4.78, 5) is 6.95. The van der Waals surface area contributed by atoms with Crippen LogP contribution in [0.2, 0.25) is 0 Å². The number of hydrogen-bond donors (Lipinski definition) is 2. The number of likely N-dealkylation sites (tertiary alicyclic amines) is 1. The number of benzene rings is 1. The van der Waals surface area contributed by atoms with Crippen LogP contribution in [0.4, 0.5) is 0 Å². The summed E-state index contributed by atoms with van der Waals surface area (Å²) in [7, 11) is 3.51. The molecular formula is C21H31N7O. The predicted molar refractivity (Wildman–Crippen MR) is 113 cm³/mol. The average Bonchev–Trinajstić information content (AvgIpc) is 3.50. The highest BCUT2D eigenvalue weighted by molar-refractivity contribution is 5.79. The van der Waals surface area contributed by atoms with E-state index in [9.17, 15) is 0 Å². The highest BCUT2D eigenvalue weighted by Gasteiger charge is 2.24. The maximum absolute atomic E-state index is 5.32. The van der Waals surface area contributed by atoms with Crippen LogP contribution in [0.25, 0.3) is 0 Å². The zero-order chi connectivity index (χ0) is 20.1. The van der Waals surface area contributed by atoms with Gasteiger partial charge in [0, 0.05) is 26.6 Å². The Hall–Kier alpha value is -2.61. The molecule has 1 aromatic heterocycles. The number of fused-ring (bicyclic) bond motifs is 1. The van der Waals surface area contributed by atoms with Crippen molar-refractivity contribution in [1.82, 2.24) is 30.3 Å². The Labute approximate surface area is 172 Å². The second-order valence-corrected chi connectivity index (χ2v) is 7.63. The number of nitrogens with zero attached hydrogens (tertiary/aromatic N) is 5. The molecule has 4 rings (SSSR count). The van der Waals surface area contributed by atoms with Crippen LogP contribution in [0.1, 0.15) is 42.5 Å². The monoisotopic (exact) mass is 397 g/mol. The van der Waals surface area contributed by atoms with Crippen molar-refractivity contribution in [1.29, 1.82) is 0 Å². The van der Waals surface area contributed by atoms with Crippen molar-refractivity contribution in [3.8, 4) is 5.75 Å². The lowest BCUT2D eigenvalue weighted by atomic mass is 10.1. The summed E-state index contributed by atoms with van der Waals surface area (Å²) >= 11 is 0. The van der Waals surface area contributed by atoms with Gasteiger partial charge in [0.15, 0.2) is 11.8 Å². The Kier molecular flexibility index (Phi) is 6.29. The molecule has 2 aliphatic heterocycles. The second kappa shape index (κ2) is 9.26. The van der Waals surface area contributed by atoms with E-state index in [-0.39, 0.29) is 0 Å². The molecule has 1 aromatic carbocycles. The largest absolute Gasteiger partial charge is 0.497 e. The van der Waals surface area contributed by atoms with E-state index in [0.29, 0.717) is 12.6 Å². The Morgan fingerprint density at radius 2 is 1.90 bits per heavy atom. The van der Waals surface area contributed by atoms with Crippen LogP contribution in [0, 0.1) is 0 Å². The lowest BCUT2D eigenvalue weighted by molar-refractivity contribution is 0.245. The molecule has 29 heavy (non-hydrogen) atoms. The normalized spacial score (nSPS) is 17.9. The molecule has 2 N–H and O–H groups in total. The van der Waals surface area contributed by atoms with E-state index < -0.39 is 0 Å². The number of methoxy groups -OCH3 is 1. The van der Waals surface area contributed by atoms with E-state index in [1.54, 1.807) is 7.11 Å². The van der Waals surface area contributed by atoms with Crippen molar-refractivity contribution in [3.63, 3.8) is 0 Å². The average molecular weight is 398 g/mol. The molecule has 3 heterocycles. The van der Waals surface area contributed by atoms with E-state index in [2.05, 4.69) is 47.4 Å². The molecule has 0 amide bonds. The SMILES string of the molecule is CN=C(NCc1nnc2n1CCC2)NCC(c1ccc(OC)cc1)N1CCCC1. The summed E-state index contributed by atoms with van der Waals surface area (Å²) < 4.78 is 7.53. The number of aryl methyl sites for hydroxylation is 1. The summed E-state index contributed by atoms with van der Waals surface area (Å²) in [6, 6.07) is 8.71. The lowest BCUT2D eigenvalue weighted by Gasteiger charge is -2.29. The standard InChI is InChI=1S/C21H31N7O/c1-22-21(24-15-20-26-25-19-6-5-13-28(19)20)23-14-18(27-11-3-4-12-27)16-7-9-17(29-2)10-8-16/h7-10,18H,3-6,11-15H2,1-2H3,(H2,22,23,24). The molecule has 8 nitrogen and oxygen atoms in total. The van der Waals surface area contributed by atoms with E-state index in [0.717, 1.165) is 62.4 Å². The van der Waals surface area contributed by atoms with Crippen LogP contribution in [0.3, 0.4) is 0 Å². The van der Waals surface area contributed by atoms with Crippen molar-refractivity contribution < 1.29 is 4.74 Å². The minimum absolute atomic E-state index is 0.305. The maximum atomic E-state index is 5.32. The third kappa shape index (κ3) is 4.53. The zero-order valence-corrected chi connectivity index (χ0v) is 17.4. The molecule has 0 bridgehead atoms. The molecule has 0 spiro atoms. The van der Waals surface area contributed by atoms with Gasteiger partial charge in [0.1, 0.15) is 11.6 Å². The first kappa shape index (κ1) is 19.7. The summed E-state index contributed by atoms with van der Waals surface area (Å²) in [5, 5.41) is 15.5. The summed E-state index contributed by atoms with van der Waals surface area (Å²) in [5.41, 5.74) is 1.30. The van der Waals surface area contributed by atoms with Gasteiger partial charge in [-0.05, 0) is 50.0 Å². The van der Waals surface area contributed by atoms with Gasteiger partial charge < -0.3 is 19.9 Å². The van der Waals surface area contributed by atoms with Gasteiger partial charge in [0.05, 0.1) is 19.7 Å². The molecule has 0 saturated carbocycles. The number of rotatable bonds is 7. The van der Waals surface area contributed by atoms with Crippen LogP contribution < -0.4 is 15.4 Å². The minimum Gasteiger partial charge on any atom is -0.497 e. The van der Waals surface area contributed by atoms with Gasteiger partial charge in [-0.3, -0.25) is 9.89 Å². The van der Waals surface area contributed by atoms with Crippen LogP contribution >= 0.6 is 0 Å². The minimum atomic E-state index is 0.305. The van der Waals surface area contributed by atoms with Gasteiger partial charge in [-0.1, -0.05) is 12.1 Å². The molecule has 1 atom stereocenters. The molecule has 156 valence electrons. The fourth-order valence-electron chi connectivity index (χ4n) is 4.26. The highest BCUT2D eigenvalue weighted by Crippen LogP contribution is 2.26. The molecule has 8 heteroatoms. The zero-order valence-electron chi connectivity index (χ0n) is 17.4. The number of aromatic nitrogens is 3. The maximum Gasteiger partial charge on any atom is 0.191 e. The molecule has 1 saturated heterocycles. The van der Waals surface area contributed by atoms with Crippen molar-refractivity contribution in [3.05, 3.63) is 41.5 Å². The van der Waals surface area contributed by atoms with E-state index >= 15 is 0 Å². The first-order valence-corrected chi connectivity index (χ1v) is 10.5. The fraction of sp³-hybridized carbons (Fsp3) is 0.571. The number of aliphatic imine (C=N–C) groups is 1. The lowest BCUT2D eigenvalue weighted by Crippen LogP contribution is -2.42. The number of guanidine groups is 1. The molecule has 0 aliphatic carbocycles. The van der Waals surface area contributed by atoms with E-state index in [1.165, 1.54) is 18.4 Å².